The lowest BCUT2D eigenvalue weighted by Gasteiger charge is -2.24. The van der Waals surface area contributed by atoms with Crippen molar-refractivity contribution in [2.75, 3.05) is 13.1 Å². The molecule has 0 radical (unpaired) electrons. The number of rotatable bonds is 4. The van der Waals surface area contributed by atoms with Crippen LogP contribution >= 0.6 is 0 Å². The van der Waals surface area contributed by atoms with Crippen molar-refractivity contribution in [1.82, 2.24) is 5.32 Å². The van der Waals surface area contributed by atoms with Gasteiger partial charge < -0.3 is 14.8 Å². The van der Waals surface area contributed by atoms with Gasteiger partial charge in [-0.3, -0.25) is 0 Å². The smallest absolute Gasteiger partial charge is 0.387 e. The lowest BCUT2D eigenvalue weighted by atomic mass is 10.1. The molecule has 3 nitrogen and oxygen atoms in total. The van der Waals surface area contributed by atoms with Gasteiger partial charge in [0, 0.05) is 6.07 Å². The van der Waals surface area contributed by atoms with E-state index in [0.29, 0.717) is 11.3 Å². The lowest BCUT2D eigenvalue weighted by Crippen LogP contribution is -2.34. The summed E-state index contributed by atoms with van der Waals surface area (Å²) in [6, 6.07) is 5.05. The van der Waals surface area contributed by atoms with Gasteiger partial charge in [0.2, 0.25) is 0 Å². The molecule has 5 heteroatoms. The Balaban J connectivity index is 2.03. The second-order valence-corrected chi connectivity index (χ2v) is 4.37. The van der Waals surface area contributed by atoms with Crippen LogP contribution in [0.5, 0.6) is 11.5 Å². The summed E-state index contributed by atoms with van der Waals surface area (Å²) in [5.41, 5.74) is 0.674. The molecule has 1 aromatic rings. The molecule has 1 fully saturated rings. The fourth-order valence-corrected chi connectivity index (χ4v) is 1.98. The molecule has 0 amide bonds. The maximum atomic E-state index is 12.2. The van der Waals surface area contributed by atoms with E-state index in [4.69, 9.17) is 4.74 Å². The first-order valence-corrected chi connectivity index (χ1v) is 6.08. The summed E-state index contributed by atoms with van der Waals surface area (Å²) in [7, 11) is 0. The van der Waals surface area contributed by atoms with Crippen LogP contribution in [0.15, 0.2) is 18.2 Å². The van der Waals surface area contributed by atoms with E-state index in [1.165, 1.54) is 6.07 Å². The van der Waals surface area contributed by atoms with E-state index in [0.717, 1.165) is 25.9 Å². The molecule has 0 spiro atoms. The van der Waals surface area contributed by atoms with Crippen molar-refractivity contribution < 1.29 is 18.3 Å². The molecule has 0 aliphatic carbocycles. The number of nitrogens with one attached hydrogen (secondary N) is 1. The zero-order valence-corrected chi connectivity index (χ0v) is 10.3. The van der Waals surface area contributed by atoms with Crippen LogP contribution in [0.25, 0.3) is 0 Å². The highest BCUT2D eigenvalue weighted by atomic mass is 19.3. The minimum Gasteiger partial charge on any atom is -0.490 e. The number of aryl methyl sites for hydroxylation is 1. The molecular formula is C13H17F2NO2. The second kappa shape index (κ2) is 6.00. The zero-order chi connectivity index (χ0) is 13.0. The maximum absolute atomic E-state index is 12.2. The Morgan fingerprint density at radius 2 is 2.00 bits per heavy atom. The number of piperidine rings is 1. The van der Waals surface area contributed by atoms with Gasteiger partial charge in [0.25, 0.3) is 0 Å². The van der Waals surface area contributed by atoms with Crippen molar-refractivity contribution in [3.8, 4) is 11.5 Å². The highest BCUT2D eigenvalue weighted by Crippen LogP contribution is 2.27. The van der Waals surface area contributed by atoms with Crippen molar-refractivity contribution in [3.05, 3.63) is 23.8 Å². The average Bonchev–Trinajstić information content (AvgIpc) is 2.34. The Morgan fingerprint density at radius 1 is 1.28 bits per heavy atom. The van der Waals surface area contributed by atoms with Gasteiger partial charge in [-0.15, -0.1) is 0 Å². The number of benzene rings is 1. The normalized spacial score (nSPS) is 16.9. The Hall–Kier alpha value is -1.36. The predicted molar refractivity (Wildman–Crippen MR) is 64.3 cm³/mol. The minimum absolute atomic E-state index is 0.147. The van der Waals surface area contributed by atoms with Crippen LogP contribution in [-0.4, -0.2) is 25.8 Å². The summed E-state index contributed by atoms with van der Waals surface area (Å²) < 4.78 is 34.7. The lowest BCUT2D eigenvalue weighted by molar-refractivity contribution is -0.0504. The molecule has 0 aromatic heterocycles. The van der Waals surface area contributed by atoms with E-state index >= 15 is 0 Å². The zero-order valence-electron chi connectivity index (χ0n) is 10.3. The average molecular weight is 257 g/mol. The molecular weight excluding hydrogens is 240 g/mol. The molecule has 1 aliphatic heterocycles. The Morgan fingerprint density at radius 3 is 2.67 bits per heavy atom. The molecule has 1 heterocycles. The van der Waals surface area contributed by atoms with Crippen LogP contribution in [0.4, 0.5) is 8.78 Å². The predicted octanol–water partition coefficient (Wildman–Crippen LogP) is 2.73. The number of alkyl halides is 2. The minimum atomic E-state index is -2.81. The van der Waals surface area contributed by atoms with E-state index in [2.05, 4.69) is 10.1 Å². The first kappa shape index (κ1) is 13.1. The molecule has 0 saturated carbocycles. The van der Waals surface area contributed by atoms with Gasteiger partial charge in [-0.25, -0.2) is 0 Å². The Kier molecular flexibility index (Phi) is 4.36. The van der Waals surface area contributed by atoms with Crippen molar-refractivity contribution >= 4 is 0 Å². The number of hydrogen-bond acceptors (Lipinski definition) is 3. The van der Waals surface area contributed by atoms with E-state index in [1.54, 1.807) is 19.1 Å². The van der Waals surface area contributed by atoms with E-state index in [-0.39, 0.29) is 11.9 Å². The number of hydrogen-bond donors (Lipinski definition) is 1. The van der Waals surface area contributed by atoms with Gasteiger partial charge in [-0.1, -0.05) is 6.07 Å². The second-order valence-electron chi connectivity index (χ2n) is 4.37. The summed E-state index contributed by atoms with van der Waals surface area (Å²) in [4.78, 5) is 0. The van der Waals surface area contributed by atoms with Gasteiger partial charge in [-0.2, -0.15) is 8.78 Å². The van der Waals surface area contributed by atoms with Crippen molar-refractivity contribution in [2.45, 2.75) is 32.5 Å². The first-order valence-electron chi connectivity index (χ1n) is 6.08. The van der Waals surface area contributed by atoms with Crippen LogP contribution in [0, 0.1) is 6.92 Å². The van der Waals surface area contributed by atoms with Crippen LogP contribution in [-0.2, 0) is 0 Å². The number of halogens is 2. The summed E-state index contributed by atoms with van der Waals surface area (Å²) in [6.07, 6.45) is 2.01. The highest BCUT2D eigenvalue weighted by Gasteiger charge is 2.15. The molecule has 1 aliphatic rings. The van der Waals surface area contributed by atoms with Crippen LogP contribution < -0.4 is 14.8 Å². The molecule has 18 heavy (non-hydrogen) atoms. The molecule has 0 atom stereocenters. The van der Waals surface area contributed by atoms with E-state index < -0.39 is 6.61 Å². The van der Waals surface area contributed by atoms with Crippen molar-refractivity contribution in [3.63, 3.8) is 0 Å². The van der Waals surface area contributed by atoms with Gasteiger partial charge in [0.1, 0.15) is 17.6 Å². The molecule has 1 aromatic carbocycles. The summed E-state index contributed by atoms with van der Waals surface area (Å²) in [5.74, 6) is 0.764. The Labute approximate surface area is 105 Å². The molecule has 0 bridgehead atoms. The molecule has 1 saturated heterocycles. The van der Waals surface area contributed by atoms with E-state index in [1.807, 2.05) is 0 Å². The van der Waals surface area contributed by atoms with E-state index in [9.17, 15) is 8.78 Å². The molecule has 2 rings (SSSR count). The van der Waals surface area contributed by atoms with Crippen LogP contribution in [0.1, 0.15) is 18.4 Å². The van der Waals surface area contributed by atoms with Gasteiger partial charge in [0.05, 0.1) is 0 Å². The quantitative estimate of drug-likeness (QED) is 0.899. The molecule has 1 N–H and O–H groups in total. The third kappa shape index (κ3) is 3.57. The van der Waals surface area contributed by atoms with Crippen LogP contribution in [0.2, 0.25) is 0 Å². The fraction of sp³-hybridized carbons (Fsp3) is 0.538. The van der Waals surface area contributed by atoms with Crippen molar-refractivity contribution in [2.24, 2.45) is 0 Å². The Bertz CT molecular complexity index is 393. The largest absolute Gasteiger partial charge is 0.490 e. The highest BCUT2D eigenvalue weighted by molar-refractivity contribution is 5.40. The topological polar surface area (TPSA) is 30.5 Å². The van der Waals surface area contributed by atoms with Crippen molar-refractivity contribution in [1.29, 1.82) is 0 Å². The van der Waals surface area contributed by atoms with Gasteiger partial charge >= 0.3 is 6.61 Å². The summed E-state index contributed by atoms with van der Waals surface area (Å²) in [5, 5.41) is 3.24. The molecule has 100 valence electrons. The summed E-state index contributed by atoms with van der Waals surface area (Å²) >= 11 is 0. The summed E-state index contributed by atoms with van der Waals surface area (Å²) in [6.45, 7) is 0.776. The van der Waals surface area contributed by atoms with Gasteiger partial charge in [-0.05, 0) is 44.5 Å². The first-order chi connectivity index (χ1) is 8.65. The third-order valence-electron chi connectivity index (χ3n) is 2.96. The number of ether oxygens (including phenoxy) is 2. The maximum Gasteiger partial charge on any atom is 0.387 e. The SMILES string of the molecule is Cc1ccc(OC2CCNCC2)cc1OC(F)F. The fourth-order valence-electron chi connectivity index (χ4n) is 1.98. The third-order valence-corrected chi connectivity index (χ3v) is 2.96. The standard InChI is InChI=1S/C13H17F2NO2/c1-9-2-3-11(8-12(9)18-13(14)15)17-10-4-6-16-7-5-10/h2-3,8,10,13,16H,4-7H2,1H3. The molecule has 0 unspecified atom stereocenters. The van der Waals surface area contributed by atoms with Crippen LogP contribution in [0.3, 0.4) is 0 Å². The van der Waals surface area contributed by atoms with Gasteiger partial charge in [0.15, 0.2) is 0 Å². The monoisotopic (exact) mass is 257 g/mol.